The van der Waals surface area contributed by atoms with Crippen molar-refractivity contribution in [3.05, 3.63) is 40.7 Å². The Hall–Kier alpha value is -2.12. The molecule has 0 saturated carbocycles. The van der Waals surface area contributed by atoms with Crippen LogP contribution in [0.5, 0.6) is 5.75 Å². The molecule has 1 amide bonds. The Balaban J connectivity index is 0.00000196. The molecule has 1 saturated heterocycles. The summed E-state index contributed by atoms with van der Waals surface area (Å²) >= 11 is 0. The van der Waals surface area contributed by atoms with Crippen molar-refractivity contribution in [3.63, 3.8) is 0 Å². The van der Waals surface area contributed by atoms with Crippen LogP contribution >= 0.6 is 12.4 Å². The zero-order valence-corrected chi connectivity index (χ0v) is 15.6. The lowest BCUT2D eigenvalue weighted by Gasteiger charge is -2.28. The van der Waals surface area contributed by atoms with Crippen LogP contribution in [0.3, 0.4) is 0 Å². The molecule has 4 rings (SSSR count). The van der Waals surface area contributed by atoms with Gasteiger partial charge in [-0.1, -0.05) is 11.3 Å². The van der Waals surface area contributed by atoms with E-state index in [1.165, 1.54) is 5.56 Å². The van der Waals surface area contributed by atoms with Crippen molar-refractivity contribution in [3.8, 4) is 5.75 Å². The number of carbonyl (C=O) groups excluding carboxylic acids is 1. The van der Waals surface area contributed by atoms with Crippen molar-refractivity contribution in [2.24, 2.45) is 0 Å². The number of hydrogen-bond acceptors (Lipinski definition) is 5. The van der Waals surface area contributed by atoms with Gasteiger partial charge in [0, 0.05) is 13.1 Å². The molecular formula is C18H24ClN5O2. The Bertz CT molecular complexity index is 801. The number of halogens is 1. The Labute approximate surface area is 158 Å². The summed E-state index contributed by atoms with van der Waals surface area (Å²) in [5.74, 6) is 0.160. The topological polar surface area (TPSA) is 83.3 Å². The third-order valence-corrected chi connectivity index (χ3v) is 5.27. The number of piperidine rings is 1. The molecule has 0 aliphatic carbocycles. The molecule has 140 valence electrons. The van der Waals surface area contributed by atoms with Gasteiger partial charge in [0.1, 0.15) is 5.75 Å². The molecule has 1 fully saturated rings. The highest BCUT2D eigenvalue weighted by molar-refractivity contribution is 5.93. The van der Waals surface area contributed by atoms with E-state index in [1.807, 2.05) is 17.7 Å². The van der Waals surface area contributed by atoms with E-state index in [0.29, 0.717) is 24.8 Å². The second kappa shape index (κ2) is 7.63. The van der Waals surface area contributed by atoms with Crippen LogP contribution in [0.1, 0.15) is 46.2 Å². The third-order valence-electron chi connectivity index (χ3n) is 5.27. The molecule has 7 nitrogen and oxygen atoms in total. The Kier molecular flexibility index (Phi) is 5.48. The lowest BCUT2D eigenvalue weighted by molar-refractivity contribution is 0.0727. The SMILES string of the molecule is Cc1c(C(=O)N2CCc3ccc(O)cc3C2)nnn1C1CCNCC1.Cl. The molecule has 0 spiro atoms. The van der Waals surface area contributed by atoms with E-state index in [-0.39, 0.29) is 24.1 Å². The first-order valence-corrected chi connectivity index (χ1v) is 8.86. The van der Waals surface area contributed by atoms with E-state index in [2.05, 4.69) is 15.6 Å². The van der Waals surface area contributed by atoms with Gasteiger partial charge in [-0.05, 0) is 62.5 Å². The number of phenols is 1. The largest absolute Gasteiger partial charge is 0.508 e. The van der Waals surface area contributed by atoms with Crippen LogP contribution in [0.15, 0.2) is 18.2 Å². The summed E-state index contributed by atoms with van der Waals surface area (Å²) in [5, 5.41) is 21.5. The number of carbonyl (C=O) groups is 1. The number of fused-ring (bicyclic) bond motifs is 1. The maximum absolute atomic E-state index is 12.9. The highest BCUT2D eigenvalue weighted by Crippen LogP contribution is 2.25. The van der Waals surface area contributed by atoms with E-state index in [9.17, 15) is 9.90 Å². The fraction of sp³-hybridized carbons (Fsp3) is 0.500. The molecular weight excluding hydrogens is 354 g/mol. The van der Waals surface area contributed by atoms with Crippen molar-refractivity contribution in [2.45, 2.75) is 38.8 Å². The molecule has 3 heterocycles. The van der Waals surface area contributed by atoms with E-state index >= 15 is 0 Å². The molecule has 0 unspecified atom stereocenters. The number of amides is 1. The molecule has 26 heavy (non-hydrogen) atoms. The first kappa shape index (κ1) is 18.7. The number of nitrogens with zero attached hydrogens (tertiary/aromatic N) is 4. The van der Waals surface area contributed by atoms with Gasteiger partial charge >= 0.3 is 0 Å². The second-order valence-electron chi connectivity index (χ2n) is 6.88. The molecule has 0 radical (unpaired) electrons. The molecule has 2 aliphatic rings. The number of rotatable bonds is 2. The number of aromatic nitrogens is 3. The van der Waals surface area contributed by atoms with E-state index in [4.69, 9.17) is 0 Å². The van der Waals surface area contributed by atoms with Gasteiger partial charge in [-0.25, -0.2) is 4.68 Å². The zero-order valence-electron chi connectivity index (χ0n) is 14.8. The van der Waals surface area contributed by atoms with Crippen LogP contribution in [0.25, 0.3) is 0 Å². The van der Waals surface area contributed by atoms with Crippen LogP contribution in [0.2, 0.25) is 0 Å². The fourth-order valence-electron chi connectivity index (χ4n) is 3.80. The predicted molar refractivity (Wildman–Crippen MR) is 99.7 cm³/mol. The van der Waals surface area contributed by atoms with Gasteiger partial charge in [-0.15, -0.1) is 17.5 Å². The number of aromatic hydroxyl groups is 1. The van der Waals surface area contributed by atoms with Crippen LogP contribution in [-0.4, -0.2) is 50.5 Å². The Morgan fingerprint density at radius 1 is 1.27 bits per heavy atom. The van der Waals surface area contributed by atoms with E-state index in [1.54, 1.807) is 17.0 Å². The number of benzene rings is 1. The van der Waals surface area contributed by atoms with Gasteiger partial charge in [0.25, 0.3) is 5.91 Å². The second-order valence-corrected chi connectivity index (χ2v) is 6.88. The van der Waals surface area contributed by atoms with E-state index in [0.717, 1.165) is 43.6 Å². The van der Waals surface area contributed by atoms with E-state index < -0.39 is 0 Å². The maximum Gasteiger partial charge on any atom is 0.276 e. The minimum Gasteiger partial charge on any atom is -0.508 e. The smallest absolute Gasteiger partial charge is 0.276 e. The van der Waals surface area contributed by atoms with Gasteiger partial charge < -0.3 is 15.3 Å². The summed E-state index contributed by atoms with van der Waals surface area (Å²) in [6.45, 7) is 5.04. The number of hydrogen-bond donors (Lipinski definition) is 2. The van der Waals surface area contributed by atoms with Crippen molar-refractivity contribution in [1.82, 2.24) is 25.2 Å². The molecule has 2 N–H and O–H groups in total. The molecule has 8 heteroatoms. The highest BCUT2D eigenvalue weighted by atomic mass is 35.5. The quantitative estimate of drug-likeness (QED) is 0.834. The van der Waals surface area contributed by atoms with Gasteiger partial charge in [0.2, 0.25) is 0 Å². The summed E-state index contributed by atoms with van der Waals surface area (Å²) in [4.78, 5) is 14.7. The van der Waals surface area contributed by atoms with Crippen LogP contribution in [-0.2, 0) is 13.0 Å². The van der Waals surface area contributed by atoms with Gasteiger partial charge in [0.15, 0.2) is 5.69 Å². The third kappa shape index (κ3) is 3.41. The van der Waals surface area contributed by atoms with Crippen LogP contribution in [0.4, 0.5) is 0 Å². The summed E-state index contributed by atoms with van der Waals surface area (Å²) in [6, 6.07) is 5.69. The average Bonchev–Trinajstić information content (AvgIpc) is 3.02. The maximum atomic E-state index is 12.9. The van der Waals surface area contributed by atoms with Crippen LogP contribution < -0.4 is 5.32 Å². The summed E-state index contributed by atoms with van der Waals surface area (Å²) < 4.78 is 1.91. The fourth-order valence-corrected chi connectivity index (χ4v) is 3.80. The predicted octanol–water partition coefficient (Wildman–Crippen LogP) is 1.84. The normalized spacial score (nSPS) is 17.5. The lowest BCUT2D eigenvalue weighted by atomic mass is 9.99. The van der Waals surface area contributed by atoms with Gasteiger partial charge in [-0.3, -0.25) is 4.79 Å². The van der Waals surface area contributed by atoms with Crippen molar-refractivity contribution in [1.29, 1.82) is 0 Å². The van der Waals surface area contributed by atoms with Crippen molar-refractivity contribution in [2.75, 3.05) is 19.6 Å². The minimum atomic E-state index is -0.0772. The lowest BCUT2D eigenvalue weighted by Crippen LogP contribution is -2.36. The summed E-state index contributed by atoms with van der Waals surface area (Å²) in [7, 11) is 0. The highest BCUT2D eigenvalue weighted by Gasteiger charge is 2.28. The average molecular weight is 378 g/mol. The zero-order chi connectivity index (χ0) is 17.4. The standard InChI is InChI=1S/C18H23N5O2.ClH/c1-12-17(20-21-23(12)15-4-7-19-8-5-15)18(25)22-9-6-13-2-3-16(24)10-14(13)11-22;/h2-3,10,15,19,24H,4-9,11H2,1H3;1H. The van der Waals surface area contributed by atoms with Gasteiger partial charge in [-0.2, -0.15) is 0 Å². The number of phenolic OH excluding ortho intramolecular Hbond substituents is 1. The first-order chi connectivity index (χ1) is 12.1. The van der Waals surface area contributed by atoms with Crippen molar-refractivity contribution >= 4 is 18.3 Å². The monoisotopic (exact) mass is 377 g/mol. The Morgan fingerprint density at radius 3 is 2.81 bits per heavy atom. The molecule has 0 bridgehead atoms. The summed E-state index contributed by atoms with van der Waals surface area (Å²) in [5.41, 5.74) is 3.49. The number of nitrogens with one attached hydrogen (secondary N) is 1. The van der Waals surface area contributed by atoms with Crippen LogP contribution in [0, 0.1) is 6.92 Å². The van der Waals surface area contributed by atoms with Gasteiger partial charge in [0.05, 0.1) is 11.7 Å². The molecule has 1 aromatic heterocycles. The summed E-state index contributed by atoms with van der Waals surface area (Å²) in [6.07, 6.45) is 2.81. The molecule has 0 atom stereocenters. The molecule has 1 aromatic carbocycles. The Morgan fingerprint density at radius 2 is 2.04 bits per heavy atom. The first-order valence-electron chi connectivity index (χ1n) is 8.86. The molecule has 2 aliphatic heterocycles. The minimum absolute atomic E-state index is 0. The molecule has 2 aromatic rings. The van der Waals surface area contributed by atoms with Crippen molar-refractivity contribution < 1.29 is 9.90 Å².